The number of nitrogens with two attached hydrogens (primary N) is 1. The average molecular weight is 836 g/mol. The van der Waals surface area contributed by atoms with Crippen LogP contribution in [0.25, 0.3) is 0 Å². The summed E-state index contributed by atoms with van der Waals surface area (Å²) in [5.74, 6) is -2.49. The topological polar surface area (TPSA) is 172 Å². The van der Waals surface area contributed by atoms with E-state index in [9.17, 15) is 23.8 Å². The first-order valence-electron chi connectivity index (χ1n) is 22.0. The number of hydrogen-bond acceptors (Lipinski definition) is 9. The highest BCUT2D eigenvalue weighted by atomic mass is 31.2. The van der Waals surface area contributed by atoms with Crippen LogP contribution in [0.15, 0.2) is 72.9 Å². The van der Waals surface area contributed by atoms with E-state index in [1.807, 2.05) is 18.2 Å². The van der Waals surface area contributed by atoms with Gasteiger partial charge >= 0.3 is 25.7 Å². The molecule has 58 heavy (non-hydrogen) atoms. The van der Waals surface area contributed by atoms with Crippen LogP contribution in [-0.4, -0.2) is 59.9 Å². The van der Waals surface area contributed by atoms with Crippen molar-refractivity contribution in [2.45, 2.75) is 180 Å². The molecular weight excluding hydrogens is 757 g/mol. The van der Waals surface area contributed by atoms with Crippen LogP contribution >= 0.6 is 7.82 Å². The summed E-state index contributed by atoms with van der Waals surface area (Å²) < 4.78 is 32.6. The number of carboxylic acid groups (broad SMARTS) is 1. The van der Waals surface area contributed by atoms with Gasteiger partial charge in [0.15, 0.2) is 6.10 Å². The monoisotopic (exact) mass is 836 g/mol. The van der Waals surface area contributed by atoms with Crippen LogP contribution in [0.4, 0.5) is 0 Å². The number of aliphatic carboxylic acids is 1. The normalized spacial score (nSPS) is 14.4. The molecule has 1 unspecified atom stereocenters. The predicted octanol–water partition coefficient (Wildman–Crippen LogP) is 11.7. The van der Waals surface area contributed by atoms with Crippen LogP contribution in [-0.2, 0) is 37.5 Å². The second-order valence-electron chi connectivity index (χ2n) is 14.5. The SMILES string of the molecule is CCC=CCC=CCC=CCC=CCC=CCC=CCCC(=O)O[C@H](COC(=O)CCCCCCCCCCCCCCCCC)COP(=O)(O)OC[C@H](N)C(=O)O. The lowest BCUT2D eigenvalue weighted by molar-refractivity contribution is -0.161. The summed E-state index contributed by atoms with van der Waals surface area (Å²) >= 11 is 0. The van der Waals surface area contributed by atoms with Crippen LogP contribution in [0.1, 0.15) is 168 Å². The van der Waals surface area contributed by atoms with Crippen molar-refractivity contribution in [3.63, 3.8) is 0 Å². The van der Waals surface area contributed by atoms with E-state index < -0.39 is 51.1 Å². The van der Waals surface area contributed by atoms with Crippen LogP contribution in [0.2, 0.25) is 0 Å². The zero-order valence-electron chi connectivity index (χ0n) is 35.9. The molecule has 0 fully saturated rings. The molecule has 0 aliphatic heterocycles. The highest BCUT2D eigenvalue weighted by molar-refractivity contribution is 7.47. The van der Waals surface area contributed by atoms with E-state index in [-0.39, 0.29) is 19.4 Å². The minimum atomic E-state index is -4.74. The summed E-state index contributed by atoms with van der Waals surface area (Å²) in [7, 11) is -4.74. The number of esters is 2. The molecule has 332 valence electrons. The van der Waals surface area contributed by atoms with Crippen molar-refractivity contribution in [2.75, 3.05) is 19.8 Å². The molecule has 0 rings (SSSR count). The fourth-order valence-electron chi connectivity index (χ4n) is 5.56. The van der Waals surface area contributed by atoms with Crippen molar-refractivity contribution < 1.29 is 47.5 Å². The van der Waals surface area contributed by atoms with Gasteiger partial charge in [-0.05, 0) is 51.4 Å². The molecule has 11 nitrogen and oxygen atoms in total. The second-order valence-corrected chi connectivity index (χ2v) is 15.9. The molecule has 3 atom stereocenters. The van der Waals surface area contributed by atoms with Crippen molar-refractivity contribution >= 4 is 25.7 Å². The standard InChI is InChI=1S/C46H78NO10P/c1-3-5-7-9-11-13-15-17-19-20-21-22-24-26-28-30-32-34-36-38-45(49)57-42(40-55-58(52,53)56-41-43(47)46(50)51)39-54-44(48)37-35-33-31-29-27-25-23-18-16-14-12-10-8-6-4-2/h5,7,11,13,17,19,21-22,26,28,32,34,42-43H,3-4,6,8-10,12,14-16,18,20,23-25,27,29-31,33,35-41,47H2,1-2H3,(H,50,51)(H,52,53)/t42-,43+/m1/s1. The van der Waals surface area contributed by atoms with E-state index in [0.29, 0.717) is 19.3 Å². The number of carbonyl (C=O) groups excluding carboxylic acids is 2. The first kappa shape index (κ1) is 54.9. The Bertz CT molecular complexity index is 1260. The minimum absolute atomic E-state index is 0.0342. The van der Waals surface area contributed by atoms with Gasteiger partial charge in [0.25, 0.3) is 0 Å². The first-order chi connectivity index (χ1) is 28.1. The number of phosphoric ester groups is 1. The summed E-state index contributed by atoms with van der Waals surface area (Å²) in [5, 5.41) is 8.89. The van der Waals surface area contributed by atoms with Gasteiger partial charge in [-0.3, -0.25) is 23.4 Å². The van der Waals surface area contributed by atoms with Crippen molar-refractivity contribution in [1.82, 2.24) is 0 Å². The van der Waals surface area contributed by atoms with Crippen LogP contribution < -0.4 is 5.73 Å². The Kier molecular flexibility index (Phi) is 38.5. The quantitative estimate of drug-likeness (QED) is 0.0232. The third kappa shape index (κ3) is 39.7. The summed E-state index contributed by atoms with van der Waals surface area (Å²) in [6.45, 7) is 2.61. The molecule has 0 bridgehead atoms. The van der Waals surface area contributed by atoms with Gasteiger partial charge in [-0.15, -0.1) is 0 Å². The lowest BCUT2D eigenvalue weighted by Gasteiger charge is -2.20. The van der Waals surface area contributed by atoms with E-state index >= 15 is 0 Å². The van der Waals surface area contributed by atoms with Gasteiger partial charge in [0.2, 0.25) is 0 Å². The van der Waals surface area contributed by atoms with Gasteiger partial charge in [0.05, 0.1) is 13.2 Å². The Morgan fingerprint density at radius 1 is 0.552 bits per heavy atom. The van der Waals surface area contributed by atoms with Crippen molar-refractivity contribution in [1.29, 1.82) is 0 Å². The fourth-order valence-corrected chi connectivity index (χ4v) is 6.34. The van der Waals surface area contributed by atoms with Gasteiger partial charge in [0.1, 0.15) is 12.6 Å². The summed E-state index contributed by atoms with van der Waals surface area (Å²) in [6, 6.07) is -1.53. The van der Waals surface area contributed by atoms with E-state index in [2.05, 4.69) is 73.1 Å². The van der Waals surface area contributed by atoms with Gasteiger partial charge < -0.3 is 25.2 Å². The fraction of sp³-hybridized carbons (Fsp3) is 0.674. The summed E-state index contributed by atoms with van der Waals surface area (Å²) in [5.41, 5.74) is 5.33. The lowest BCUT2D eigenvalue weighted by atomic mass is 10.0. The van der Waals surface area contributed by atoms with Crippen molar-refractivity contribution in [3.05, 3.63) is 72.9 Å². The van der Waals surface area contributed by atoms with E-state index in [1.165, 1.54) is 70.6 Å². The Balaban J connectivity index is 4.49. The minimum Gasteiger partial charge on any atom is -0.480 e. The zero-order chi connectivity index (χ0) is 42.8. The third-order valence-electron chi connectivity index (χ3n) is 8.98. The number of carboxylic acids is 1. The highest BCUT2D eigenvalue weighted by Crippen LogP contribution is 2.43. The highest BCUT2D eigenvalue weighted by Gasteiger charge is 2.28. The number of ether oxygens (including phenoxy) is 2. The van der Waals surface area contributed by atoms with Crippen LogP contribution in [0, 0.1) is 0 Å². The molecule has 0 heterocycles. The van der Waals surface area contributed by atoms with E-state index in [4.69, 9.17) is 24.8 Å². The molecular formula is C46H78NO10P. The maximum absolute atomic E-state index is 12.6. The molecule has 0 aromatic heterocycles. The molecule has 0 aromatic rings. The molecule has 0 amide bonds. The Hall–Kier alpha value is -3.08. The molecule has 0 aromatic carbocycles. The lowest BCUT2D eigenvalue weighted by Crippen LogP contribution is -2.34. The number of unbranched alkanes of at least 4 members (excludes halogenated alkanes) is 14. The summed E-state index contributed by atoms with van der Waals surface area (Å²) in [6.07, 6.45) is 48.4. The smallest absolute Gasteiger partial charge is 0.472 e. The largest absolute Gasteiger partial charge is 0.480 e. The number of phosphoric acid groups is 1. The number of allylic oxidation sites excluding steroid dienone is 12. The summed E-state index contributed by atoms with van der Waals surface area (Å²) in [4.78, 5) is 45.9. The Morgan fingerprint density at radius 2 is 0.966 bits per heavy atom. The van der Waals surface area contributed by atoms with Crippen LogP contribution in [0.5, 0.6) is 0 Å². The molecule has 0 aliphatic rings. The molecule has 0 saturated heterocycles. The van der Waals surface area contributed by atoms with Gasteiger partial charge in [-0.2, -0.15) is 0 Å². The zero-order valence-corrected chi connectivity index (χ0v) is 36.8. The van der Waals surface area contributed by atoms with E-state index in [1.54, 1.807) is 0 Å². The first-order valence-corrected chi connectivity index (χ1v) is 23.5. The average Bonchev–Trinajstić information content (AvgIpc) is 3.20. The van der Waals surface area contributed by atoms with Crippen LogP contribution in [0.3, 0.4) is 0 Å². The molecule has 4 N–H and O–H groups in total. The molecule has 0 saturated carbocycles. The molecule has 0 spiro atoms. The molecule has 0 radical (unpaired) electrons. The molecule has 12 heteroatoms. The number of carbonyl (C=O) groups is 3. The van der Waals surface area contributed by atoms with Crippen molar-refractivity contribution in [2.24, 2.45) is 5.73 Å². The maximum atomic E-state index is 12.6. The molecule has 0 aliphatic carbocycles. The number of hydrogen-bond donors (Lipinski definition) is 3. The predicted molar refractivity (Wildman–Crippen MR) is 235 cm³/mol. The number of rotatable bonds is 40. The van der Waals surface area contributed by atoms with Gasteiger partial charge in [-0.1, -0.05) is 177 Å². The third-order valence-corrected chi connectivity index (χ3v) is 9.93. The maximum Gasteiger partial charge on any atom is 0.472 e. The van der Waals surface area contributed by atoms with Gasteiger partial charge in [-0.25, -0.2) is 4.57 Å². The Morgan fingerprint density at radius 3 is 1.41 bits per heavy atom. The van der Waals surface area contributed by atoms with Gasteiger partial charge in [0, 0.05) is 12.8 Å². The van der Waals surface area contributed by atoms with E-state index in [0.717, 1.165) is 51.4 Å². The van der Waals surface area contributed by atoms with Crippen molar-refractivity contribution in [3.8, 4) is 0 Å². The second kappa shape index (κ2) is 40.7. The Labute approximate surface area is 350 Å².